The Balaban J connectivity index is 2.24. The molecular formula is C12H23NOS. The summed E-state index contributed by atoms with van der Waals surface area (Å²) in [6.07, 6.45) is 7.52. The molecule has 1 aliphatic carbocycles. The molecule has 0 N–H and O–H groups in total. The highest BCUT2D eigenvalue weighted by molar-refractivity contribution is 7.99. The Bertz CT molecular complexity index is 190. The first-order chi connectivity index (χ1) is 7.25. The van der Waals surface area contributed by atoms with Gasteiger partial charge >= 0.3 is 0 Å². The van der Waals surface area contributed by atoms with Gasteiger partial charge in [0.1, 0.15) is 0 Å². The molecule has 15 heavy (non-hydrogen) atoms. The minimum absolute atomic E-state index is 0.320. The van der Waals surface area contributed by atoms with Gasteiger partial charge in [0, 0.05) is 13.1 Å². The third-order valence-electron chi connectivity index (χ3n) is 3.09. The highest BCUT2D eigenvalue weighted by Gasteiger charge is 2.21. The molecule has 0 aromatic rings. The molecule has 0 radical (unpaired) electrons. The summed E-state index contributed by atoms with van der Waals surface area (Å²) >= 11 is 1.76. The minimum Gasteiger partial charge on any atom is -0.342 e. The first-order valence-electron chi connectivity index (χ1n) is 6.09. The summed E-state index contributed by atoms with van der Waals surface area (Å²) in [4.78, 5) is 13.8. The van der Waals surface area contributed by atoms with Crippen LogP contribution in [0.25, 0.3) is 0 Å². The van der Waals surface area contributed by atoms with Crippen LogP contribution in [-0.2, 0) is 4.79 Å². The normalized spacial score (nSPS) is 17.7. The lowest BCUT2D eigenvalue weighted by Crippen LogP contribution is -2.39. The van der Waals surface area contributed by atoms with E-state index in [1.807, 2.05) is 11.9 Å². The zero-order valence-electron chi connectivity index (χ0n) is 10.00. The van der Waals surface area contributed by atoms with Gasteiger partial charge in [0.05, 0.1) is 5.75 Å². The first-order valence-corrected chi connectivity index (χ1v) is 7.24. The van der Waals surface area contributed by atoms with Crippen LogP contribution in [0.5, 0.6) is 0 Å². The van der Waals surface area contributed by atoms with Gasteiger partial charge in [-0.25, -0.2) is 0 Å². The number of thioether (sulfide) groups is 1. The second-order valence-corrected chi connectivity index (χ2v) is 5.45. The van der Waals surface area contributed by atoms with E-state index in [1.165, 1.54) is 32.1 Å². The average Bonchev–Trinajstić information content (AvgIpc) is 2.29. The van der Waals surface area contributed by atoms with E-state index in [0.29, 0.717) is 17.7 Å². The minimum atomic E-state index is 0.320. The second-order valence-electron chi connectivity index (χ2n) is 4.35. The van der Waals surface area contributed by atoms with E-state index in [2.05, 4.69) is 6.92 Å². The Morgan fingerprint density at radius 3 is 2.60 bits per heavy atom. The van der Waals surface area contributed by atoms with Crippen LogP contribution in [0.15, 0.2) is 0 Å². The fourth-order valence-corrected chi connectivity index (χ4v) is 2.89. The van der Waals surface area contributed by atoms with Crippen molar-refractivity contribution >= 4 is 17.7 Å². The van der Waals surface area contributed by atoms with Gasteiger partial charge in [-0.1, -0.05) is 26.2 Å². The highest BCUT2D eigenvalue weighted by atomic mass is 32.2. The molecule has 1 rings (SSSR count). The molecule has 2 nitrogen and oxygen atoms in total. The molecule has 1 amide bonds. The molecule has 3 heteroatoms. The number of carbonyl (C=O) groups is 1. The first kappa shape index (κ1) is 12.9. The van der Waals surface area contributed by atoms with Crippen LogP contribution in [0.2, 0.25) is 0 Å². The fraction of sp³-hybridized carbons (Fsp3) is 0.917. The lowest BCUT2D eigenvalue weighted by molar-refractivity contribution is -0.129. The molecule has 0 aromatic carbocycles. The molecule has 0 spiro atoms. The van der Waals surface area contributed by atoms with Crippen molar-refractivity contribution < 1.29 is 4.79 Å². The number of amides is 1. The van der Waals surface area contributed by atoms with Crippen LogP contribution >= 0.6 is 11.8 Å². The molecular weight excluding hydrogens is 206 g/mol. The number of nitrogens with zero attached hydrogens (tertiary/aromatic N) is 1. The van der Waals surface area contributed by atoms with Gasteiger partial charge in [0.15, 0.2) is 0 Å². The Morgan fingerprint density at radius 1 is 1.33 bits per heavy atom. The Morgan fingerprint density at radius 2 is 2.00 bits per heavy atom. The zero-order chi connectivity index (χ0) is 11.1. The molecule has 0 heterocycles. The van der Waals surface area contributed by atoms with Crippen molar-refractivity contribution in [2.24, 2.45) is 0 Å². The maximum Gasteiger partial charge on any atom is 0.232 e. The van der Waals surface area contributed by atoms with Gasteiger partial charge in [-0.05, 0) is 25.0 Å². The van der Waals surface area contributed by atoms with Crippen molar-refractivity contribution in [3.63, 3.8) is 0 Å². The molecule has 0 bridgehead atoms. The van der Waals surface area contributed by atoms with E-state index < -0.39 is 0 Å². The summed E-state index contributed by atoms with van der Waals surface area (Å²) < 4.78 is 0. The lowest BCUT2D eigenvalue weighted by atomic mass is 9.94. The van der Waals surface area contributed by atoms with E-state index in [1.54, 1.807) is 11.8 Å². The smallest absolute Gasteiger partial charge is 0.232 e. The predicted molar refractivity (Wildman–Crippen MR) is 67.3 cm³/mol. The summed E-state index contributed by atoms with van der Waals surface area (Å²) in [6, 6.07) is 0.522. The predicted octanol–water partition coefficient (Wildman–Crippen LogP) is 2.92. The standard InChI is InChI=1S/C12H23NOS/c1-3-9-15-10-12(14)13(2)11-7-5-4-6-8-11/h11H,3-10H2,1-2H3. The number of carbonyl (C=O) groups excluding carboxylic acids is 1. The van der Waals surface area contributed by atoms with Crippen LogP contribution < -0.4 is 0 Å². The van der Waals surface area contributed by atoms with Crippen molar-refractivity contribution in [2.45, 2.75) is 51.5 Å². The van der Waals surface area contributed by atoms with Crippen molar-refractivity contribution in [1.29, 1.82) is 0 Å². The largest absolute Gasteiger partial charge is 0.342 e. The molecule has 0 aromatic heterocycles. The maximum absolute atomic E-state index is 11.8. The average molecular weight is 229 g/mol. The van der Waals surface area contributed by atoms with Gasteiger partial charge in [-0.15, -0.1) is 0 Å². The Labute approximate surface area is 97.8 Å². The van der Waals surface area contributed by atoms with Crippen LogP contribution in [-0.4, -0.2) is 35.4 Å². The number of hydrogen-bond donors (Lipinski definition) is 0. The van der Waals surface area contributed by atoms with Gasteiger partial charge in [0.25, 0.3) is 0 Å². The van der Waals surface area contributed by atoms with Gasteiger partial charge < -0.3 is 4.90 Å². The fourth-order valence-electron chi connectivity index (χ4n) is 2.08. The van der Waals surface area contributed by atoms with Crippen LogP contribution in [0.1, 0.15) is 45.4 Å². The third kappa shape index (κ3) is 4.45. The lowest BCUT2D eigenvalue weighted by Gasteiger charge is -2.31. The van der Waals surface area contributed by atoms with Crippen molar-refractivity contribution in [1.82, 2.24) is 4.90 Å². The molecule has 1 aliphatic rings. The number of rotatable bonds is 5. The highest BCUT2D eigenvalue weighted by Crippen LogP contribution is 2.22. The van der Waals surface area contributed by atoms with Gasteiger partial charge in [0.2, 0.25) is 5.91 Å². The quantitative estimate of drug-likeness (QED) is 0.676. The molecule has 0 unspecified atom stereocenters. The summed E-state index contributed by atoms with van der Waals surface area (Å²) in [5.41, 5.74) is 0. The van der Waals surface area contributed by atoms with E-state index in [9.17, 15) is 4.79 Å². The second kappa shape index (κ2) is 7.15. The van der Waals surface area contributed by atoms with E-state index in [-0.39, 0.29) is 0 Å². The molecule has 0 atom stereocenters. The van der Waals surface area contributed by atoms with Gasteiger partial charge in [-0.2, -0.15) is 11.8 Å². The molecule has 0 saturated heterocycles. The van der Waals surface area contributed by atoms with E-state index in [0.717, 1.165) is 12.2 Å². The van der Waals surface area contributed by atoms with E-state index >= 15 is 0 Å². The summed E-state index contributed by atoms with van der Waals surface area (Å²) in [5, 5.41) is 0. The van der Waals surface area contributed by atoms with Crippen LogP contribution in [0, 0.1) is 0 Å². The van der Waals surface area contributed by atoms with Crippen molar-refractivity contribution in [3.8, 4) is 0 Å². The Hall–Kier alpha value is -0.180. The summed E-state index contributed by atoms with van der Waals surface area (Å²) in [6.45, 7) is 2.16. The summed E-state index contributed by atoms with van der Waals surface area (Å²) in [5.74, 6) is 2.09. The van der Waals surface area contributed by atoms with E-state index in [4.69, 9.17) is 0 Å². The summed E-state index contributed by atoms with van der Waals surface area (Å²) in [7, 11) is 1.98. The molecule has 1 saturated carbocycles. The van der Waals surface area contributed by atoms with Gasteiger partial charge in [-0.3, -0.25) is 4.79 Å². The number of hydrogen-bond acceptors (Lipinski definition) is 2. The third-order valence-corrected chi connectivity index (χ3v) is 4.24. The van der Waals surface area contributed by atoms with Crippen molar-refractivity contribution in [3.05, 3.63) is 0 Å². The van der Waals surface area contributed by atoms with Crippen LogP contribution in [0.3, 0.4) is 0 Å². The zero-order valence-corrected chi connectivity index (χ0v) is 10.8. The SMILES string of the molecule is CCCSCC(=O)N(C)C1CCCCC1. The maximum atomic E-state index is 11.8. The Kier molecular flexibility index (Phi) is 6.15. The van der Waals surface area contributed by atoms with Crippen LogP contribution in [0.4, 0.5) is 0 Å². The van der Waals surface area contributed by atoms with Crippen molar-refractivity contribution in [2.75, 3.05) is 18.6 Å². The topological polar surface area (TPSA) is 20.3 Å². The molecule has 0 aliphatic heterocycles. The molecule has 88 valence electrons. The molecule has 1 fully saturated rings. The monoisotopic (exact) mass is 229 g/mol.